The average molecular weight is 226 g/mol. The highest BCUT2D eigenvalue weighted by Gasteiger charge is 2.04. The molecule has 0 spiro atoms. The molecule has 0 fully saturated rings. The summed E-state index contributed by atoms with van der Waals surface area (Å²) in [6, 6.07) is 12.7. The molecule has 88 valence electrons. The Balaban J connectivity index is 2.23. The zero-order valence-electron chi connectivity index (χ0n) is 10.6. The number of hydrogen-bond acceptors (Lipinski definition) is 2. The summed E-state index contributed by atoms with van der Waals surface area (Å²) in [4.78, 5) is 6.19. The van der Waals surface area contributed by atoms with Crippen molar-refractivity contribution >= 4 is 11.4 Å². The molecule has 2 nitrogen and oxygen atoms in total. The maximum absolute atomic E-state index is 4.03. The van der Waals surface area contributed by atoms with Gasteiger partial charge in [0.15, 0.2) is 0 Å². The summed E-state index contributed by atoms with van der Waals surface area (Å²) in [5.74, 6) is 0.579. The Morgan fingerprint density at radius 2 is 1.41 bits per heavy atom. The fourth-order valence-electron chi connectivity index (χ4n) is 1.80. The van der Waals surface area contributed by atoms with Crippen LogP contribution in [-0.4, -0.2) is 12.0 Å². The van der Waals surface area contributed by atoms with Crippen LogP contribution in [0.4, 0.5) is 11.4 Å². The fraction of sp³-hybridized carbons (Fsp3) is 0.267. The van der Waals surface area contributed by atoms with Crippen molar-refractivity contribution in [3.63, 3.8) is 0 Å². The van der Waals surface area contributed by atoms with Gasteiger partial charge in [0.25, 0.3) is 0 Å². The zero-order valence-corrected chi connectivity index (χ0v) is 10.6. The number of anilines is 2. The fourth-order valence-corrected chi connectivity index (χ4v) is 1.80. The monoisotopic (exact) mass is 226 g/mol. The van der Waals surface area contributed by atoms with Crippen LogP contribution in [0.5, 0.6) is 0 Å². The van der Waals surface area contributed by atoms with E-state index >= 15 is 0 Å². The predicted molar refractivity (Wildman–Crippen MR) is 72.8 cm³/mol. The minimum atomic E-state index is 0.579. The lowest BCUT2D eigenvalue weighted by Crippen LogP contribution is -2.09. The van der Waals surface area contributed by atoms with Crippen molar-refractivity contribution in [3.8, 4) is 0 Å². The van der Waals surface area contributed by atoms with Gasteiger partial charge in [0.1, 0.15) is 0 Å². The molecule has 1 heterocycles. The second-order valence-electron chi connectivity index (χ2n) is 4.51. The summed E-state index contributed by atoms with van der Waals surface area (Å²) in [5, 5.41) is 0. The lowest BCUT2D eigenvalue weighted by Gasteiger charge is -2.19. The number of hydrogen-bond donors (Lipinski definition) is 0. The van der Waals surface area contributed by atoms with Gasteiger partial charge in [-0.15, -0.1) is 0 Å². The maximum atomic E-state index is 4.03. The number of pyridine rings is 1. The Bertz CT molecular complexity index is 460. The van der Waals surface area contributed by atoms with Gasteiger partial charge in [-0.05, 0) is 35.7 Å². The molecule has 17 heavy (non-hydrogen) atoms. The molecule has 0 amide bonds. The SMILES string of the molecule is CC(C)c1ccc(N(C)c2ccncc2)cc1. The van der Waals surface area contributed by atoms with Crippen molar-refractivity contribution in [2.45, 2.75) is 19.8 Å². The van der Waals surface area contributed by atoms with Crippen LogP contribution in [0.25, 0.3) is 0 Å². The van der Waals surface area contributed by atoms with E-state index in [0.717, 1.165) is 5.69 Å². The Morgan fingerprint density at radius 1 is 0.882 bits per heavy atom. The van der Waals surface area contributed by atoms with Gasteiger partial charge >= 0.3 is 0 Å². The zero-order chi connectivity index (χ0) is 12.3. The molecule has 0 unspecified atom stereocenters. The molecular weight excluding hydrogens is 208 g/mol. The molecule has 0 saturated heterocycles. The molecule has 0 aliphatic rings. The molecule has 0 atom stereocenters. The summed E-state index contributed by atoms with van der Waals surface area (Å²) in [7, 11) is 2.07. The first-order valence-electron chi connectivity index (χ1n) is 5.92. The first kappa shape index (κ1) is 11.6. The number of rotatable bonds is 3. The number of aromatic nitrogens is 1. The van der Waals surface area contributed by atoms with Gasteiger partial charge in [-0.1, -0.05) is 26.0 Å². The number of nitrogens with zero attached hydrogens (tertiary/aromatic N) is 2. The van der Waals surface area contributed by atoms with Crippen LogP contribution in [0.3, 0.4) is 0 Å². The van der Waals surface area contributed by atoms with Crippen molar-refractivity contribution in [1.82, 2.24) is 4.98 Å². The summed E-state index contributed by atoms with van der Waals surface area (Å²) >= 11 is 0. The smallest absolute Gasteiger partial charge is 0.0438 e. The molecule has 0 radical (unpaired) electrons. The summed E-state index contributed by atoms with van der Waals surface area (Å²) in [5.41, 5.74) is 3.72. The van der Waals surface area contributed by atoms with Crippen LogP contribution in [-0.2, 0) is 0 Å². The minimum Gasteiger partial charge on any atom is -0.345 e. The normalized spacial score (nSPS) is 10.6. The average Bonchev–Trinajstić information content (AvgIpc) is 2.39. The third-order valence-electron chi connectivity index (χ3n) is 3.00. The molecule has 0 saturated carbocycles. The molecule has 0 aliphatic carbocycles. The largest absolute Gasteiger partial charge is 0.345 e. The lowest BCUT2D eigenvalue weighted by molar-refractivity contribution is 0.866. The van der Waals surface area contributed by atoms with Crippen LogP contribution < -0.4 is 4.90 Å². The highest BCUT2D eigenvalue weighted by atomic mass is 15.1. The van der Waals surface area contributed by atoms with Gasteiger partial charge in [-0.3, -0.25) is 4.98 Å². The van der Waals surface area contributed by atoms with E-state index in [2.05, 4.69) is 55.0 Å². The third kappa shape index (κ3) is 2.64. The Kier molecular flexibility index (Phi) is 3.43. The topological polar surface area (TPSA) is 16.1 Å². The minimum absolute atomic E-state index is 0.579. The first-order valence-corrected chi connectivity index (χ1v) is 5.92. The van der Waals surface area contributed by atoms with Gasteiger partial charge in [0, 0.05) is 30.8 Å². The van der Waals surface area contributed by atoms with Crippen molar-refractivity contribution in [3.05, 3.63) is 54.4 Å². The lowest BCUT2D eigenvalue weighted by atomic mass is 10.0. The third-order valence-corrected chi connectivity index (χ3v) is 3.00. The highest BCUT2D eigenvalue weighted by molar-refractivity contribution is 5.62. The Labute approximate surface area is 103 Å². The van der Waals surface area contributed by atoms with E-state index in [9.17, 15) is 0 Å². The van der Waals surface area contributed by atoms with Crippen LogP contribution in [0.2, 0.25) is 0 Å². The van der Waals surface area contributed by atoms with Crippen molar-refractivity contribution in [2.24, 2.45) is 0 Å². The van der Waals surface area contributed by atoms with Gasteiger partial charge in [-0.2, -0.15) is 0 Å². The van der Waals surface area contributed by atoms with Crippen molar-refractivity contribution in [1.29, 1.82) is 0 Å². The van der Waals surface area contributed by atoms with E-state index in [1.54, 1.807) is 0 Å². The molecular formula is C15H18N2. The predicted octanol–water partition coefficient (Wildman–Crippen LogP) is 3.97. The standard InChI is InChI=1S/C15H18N2/c1-12(2)13-4-6-14(7-5-13)17(3)15-8-10-16-11-9-15/h4-12H,1-3H3. The van der Waals surface area contributed by atoms with Crippen LogP contribution in [0.1, 0.15) is 25.3 Å². The molecule has 0 aliphatic heterocycles. The number of benzene rings is 1. The Morgan fingerprint density at radius 3 is 1.94 bits per heavy atom. The van der Waals surface area contributed by atoms with Crippen molar-refractivity contribution in [2.75, 3.05) is 11.9 Å². The molecule has 2 rings (SSSR count). The summed E-state index contributed by atoms with van der Waals surface area (Å²) < 4.78 is 0. The molecule has 1 aromatic carbocycles. The first-order chi connectivity index (χ1) is 8.18. The quantitative estimate of drug-likeness (QED) is 0.787. The highest BCUT2D eigenvalue weighted by Crippen LogP contribution is 2.24. The molecule has 0 N–H and O–H groups in total. The van der Waals surface area contributed by atoms with Crippen molar-refractivity contribution < 1.29 is 0 Å². The van der Waals surface area contributed by atoms with E-state index < -0.39 is 0 Å². The molecule has 1 aromatic heterocycles. The molecule has 2 heteroatoms. The van der Waals surface area contributed by atoms with Crippen LogP contribution in [0.15, 0.2) is 48.8 Å². The van der Waals surface area contributed by atoms with E-state index in [-0.39, 0.29) is 0 Å². The maximum Gasteiger partial charge on any atom is 0.0438 e. The van der Waals surface area contributed by atoms with E-state index in [4.69, 9.17) is 0 Å². The Hall–Kier alpha value is -1.83. The second kappa shape index (κ2) is 5.00. The van der Waals surface area contributed by atoms with Crippen LogP contribution >= 0.6 is 0 Å². The van der Waals surface area contributed by atoms with Gasteiger partial charge in [0.2, 0.25) is 0 Å². The van der Waals surface area contributed by atoms with Gasteiger partial charge in [0.05, 0.1) is 0 Å². The second-order valence-corrected chi connectivity index (χ2v) is 4.51. The van der Waals surface area contributed by atoms with Crippen LogP contribution in [0, 0.1) is 0 Å². The molecule has 2 aromatic rings. The van der Waals surface area contributed by atoms with Gasteiger partial charge < -0.3 is 4.90 Å². The van der Waals surface area contributed by atoms with Gasteiger partial charge in [-0.25, -0.2) is 0 Å². The summed E-state index contributed by atoms with van der Waals surface area (Å²) in [6.07, 6.45) is 3.63. The van der Waals surface area contributed by atoms with E-state index in [1.807, 2.05) is 24.5 Å². The molecule has 0 bridgehead atoms. The van der Waals surface area contributed by atoms with E-state index in [0.29, 0.717) is 5.92 Å². The summed E-state index contributed by atoms with van der Waals surface area (Å²) in [6.45, 7) is 4.42. The van der Waals surface area contributed by atoms with E-state index in [1.165, 1.54) is 11.3 Å².